The molecule has 3 saturated heterocycles. The van der Waals surface area contributed by atoms with E-state index in [4.69, 9.17) is 0 Å². The number of sulfonamides is 1. The fraction of sp³-hybridized carbons (Fsp3) is 0.562. The molecule has 1 aromatic rings. The van der Waals surface area contributed by atoms with Crippen molar-refractivity contribution in [2.75, 3.05) is 19.6 Å². The second-order valence-corrected chi connectivity index (χ2v) is 8.30. The second-order valence-electron chi connectivity index (χ2n) is 6.41. The highest BCUT2D eigenvalue weighted by atomic mass is 32.2. The van der Waals surface area contributed by atoms with Gasteiger partial charge in [0, 0.05) is 32.6 Å². The Morgan fingerprint density at radius 1 is 1.18 bits per heavy atom. The van der Waals surface area contributed by atoms with E-state index in [1.165, 1.54) is 0 Å². The topological polar surface area (TPSA) is 57.7 Å². The molecule has 3 heterocycles. The van der Waals surface area contributed by atoms with Gasteiger partial charge in [0.2, 0.25) is 15.9 Å². The van der Waals surface area contributed by atoms with Gasteiger partial charge in [0.15, 0.2) is 0 Å². The van der Waals surface area contributed by atoms with Crippen LogP contribution < -0.4 is 0 Å². The van der Waals surface area contributed by atoms with Crippen LogP contribution in [0.4, 0.5) is 0 Å². The average molecular weight is 322 g/mol. The van der Waals surface area contributed by atoms with Gasteiger partial charge in [-0.3, -0.25) is 4.79 Å². The third kappa shape index (κ3) is 2.77. The summed E-state index contributed by atoms with van der Waals surface area (Å²) in [6.45, 7) is 5.16. The Morgan fingerprint density at radius 3 is 2.64 bits per heavy atom. The summed E-state index contributed by atoms with van der Waals surface area (Å²) in [5.41, 5.74) is 0.936. The van der Waals surface area contributed by atoms with Crippen molar-refractivity contribution >= 4 is 15.9 Å². The van der Waals surface area contributed by atoms with Crippen molar-refractivity contribution in [1.29, 1.82) is 0 Å². The highest BCUT2D eigenvalue weighted by Gasteiger charge is 2.41. The van der Waals surface area contributed by atoms with Crippen LogP contribution in [0.2, 0.25) is 0 Å². The van der Waals surface area contributed by atoms with Crippen LogP contribution in [0.3, 0.4) is 0 Å². The molecule has 6 heteroatoms. The van der Waals surface area contributed by atoms with Crippen LogP contribution in [0, 0.1) is 12.8 Å². The van der Waals surface area contributed by atoms with Crippen molar-refractivity contribution in [2.24, 2.45) is 5.92 Å². The number of carbonyl (C=O) groups excluding carboxylic acids is 1. The van der Waals surface area contributed by atoms with E-state index in [-0.39, 0.29) is 17.9 Å². The van der Waals surface area contributed by atoms with Gasteiger partial charge in [0.05, 0.1) is 4.90 Å². The molecule has 0 saturated carbocycles. The monoisotopic (exact) mass is 322 g/mol. The fourth-order valence-corrected chi connectivity index (χ4v) is 5.33. The molecule has 1 amide bonds. The third-order valence-electron chi connectivity index (χ3n) is 4.70. The number of rotatable bonds is 2. The molecule has 0 aliphatic carbocycles. The Kier molecular flexibility index (Phi) is 3.99. The third-order valence-corrected chi connectivity index (χ3v) is 6.62. The lowest BCUT2D eigenvalue weighted by atomic mass is 9.97. The van der Waals surface area contributed by atoms with Gasteiger partial charge in [0.25, 0.3) is 0 Å². The summed E-state index contributed by atoms with van der Waals surface area (Å²) in [7, 11) is -3.49. The first kappa shape index (κ1) is 15.5. The van der Waals surface area contributed by atoms with Gasteiger partial charge >= 0.3 is 0 Å². The van der Waals surface area contributed by atoms with E-state index in [9.17, 15) is 13.2 Å². The van der Waals surface area contributed by atoms with Gasteiger partial charge in [-0.15, -0.1) is 0 Å². The van der Waals surface area contributed by atoms with E-state index in [1.54, 1.807) is 34.3 Å². The maximum atomic E-state index is 13.0. The molecular formula is C16H22N2O3S. The molecular weight excluding hydrogens is 300 g/mol. The van der Waals surface area contributed by atoms with E-state index in [2.05, 4.69) is 0 Å². The zero-order valence-corrected chi connectivity index (χ0v) is 13.8. The summed E-state index contributed by atoms with van der Waals surface area (Å²) in [4.78, 5) is 13.9. The summed E-state index contributed by atoms with van der Waals surface area (Å²) in [5.74, 6) is 0.272. The van der Waals surface area contributed by atoms with Crippen molar-refractivity contribution < 1.29 is 13.2 Å². The van der Waals surface area contributed by atoms with Gasteiger partial charge in [-0.25, -0.2) is 8.42 Å². The van der Waals surface area contributed by atoms with Gasteiger partial charge in [-0.2, -0.15) is 4.31 Å². The number of amides is 1. The fourth-order valence-electron chi connectivity index (χ4n) is 3.50. The minimum Gasteiger partial charge on any atom is -0.341 e. The molecule has 3 aliphatic rings. The predicted molar refractivity (Wildman–Crippen MR) is 83.8 cm³/mol. The largest absolute Gasteiger partial charge is 0.341 e. The number of hydrogen-bond donors (Lipinski definition) is 0. The lowest BCUT2D eigenvalue weighted by Crippen LogP contribution is -2.47. The molecule has 3 fully saturated rings. The van der Waals surface area contributed by atoms with Crippen molar-refractivity contribution in [3.05, 3.63) is 29.8 Å². The van der Waals surface area contributed by atoms with Crippen LogP contribution in [0.25, 0.3) is 0 Å². The molecule has 0 spiro atoms. The lowest BCUT2D eigenvalue weighted by Gasteiger charge is -2.34. The van der Waals surface area contributed by atoms with E-state index in [0.29, 0.717) is 24.5 Å². The zero-order valence-electron chi connectivity index (χ0n) is 13.0. The van der Waals surface area contributed by atoms with Crippen molar-refractivity contribution in [1.82, 2.24) is 9.21 Å². The smallest absolute Gasteiger partial charge is 0.243 e. The molecule has 22 heavy (non-hydrogen) atoms. The molecule has 4 rings (SSSR count). The highest BCUT2D eigenvalue weighted by molar-refractivity contribution is 7.89. The number of carbonyl (C=O) groups is 1. The molecule has 2 atom stereocenters. The first-order valence-corrected chi connectivity index (χ1v) is 9.16. The Bertz CT molecular complexity index is 686. The number of benzene rings is 1. The molecule has 2 bridgehead atoms. The minimum absolute atomic E-state index is 0.0340. The molecule has 0 unspecified atom stereocenters. The summed E-state index contributed by atoms with van der Waals surface area (Å²) >= 11 is 0. The minimum atomic E-state index is -3.49. The van der Waals surface area contributed by atoms with E-state index in [0.717, 1.165) is 18.4 Å². The number of piperidine rings is 1. The van der Waals surface area contributed by atoms with Gasteiger partial charge in [-0.05, 0) is 43.4 Å². The number of aryl methyl sites for hydroxylation is 1. The first-order valence-electron chi connectivity index (χ1n) is 7.72. The van der Waals surface area contributed by atoms with Gasteiger partial charge in [0.1, 0.15) is 0 Å². The highest BCUT2D eigenvalue weighted by Crippen LogP contribution is 2.32. The molecule has 1 aromatic carbocycles. The van der Waals surface area contributed by atoms with Crippen LogP contribution in [0.5, 0.6) is 0 Å². The van der Waals surface area contributed by atoms with Gasteiger partial charge in [-0.1, -0.05) is 12.1 Å². The summed E-state index contributed by atoms with van der Waals surface area (Å²) in [5, 5.41) is 0. The first-order chi connectivity index (χ1) is 10.4. The molecule has 0 radical (unpaired) electrons. The summed E-state index contributed by atoms with van der Waals surface area (Å²) < 4.78 is 27.6. The Labute approximate surface area is 132 Å². The quantitative estimate of drug-likeness (QED) is 0.831. The average Bonchev–Trinajstić information content (AvgIpc) is 2.79. The van der Waals surface area contributed by atoms with E-state index >= 15 is 0 Å². The van der Waals surface area contributed by atoms with Crippen LogP contribution >= 0.6 is 0 Å². The van der Waals surface area contributed by atoms with Crippen LogP contribution in [0.1, 0.15) is 25.3 Å². The Balaban J connectivity index is 1.93. The Morgan fingerprint density at radius 2 is 1.95 bits per heavy atom. The molecule has 0 N–H and O–H groups in total. The van der Waals surface area contributed by atoms with Crippen LogP contribution in [-0.2, 0) is 14.8 Å². The maximum Gasteiger partial charge on any atom is 0.243 e. The SMILES string of the molecule is CC(=O)N1C[C@H]2CC[C@@H](C1)N(S(=O)(=O)c1cccc(C)c1)C2. The van der Waals surface area contributed by atoms with Crippen LogP contribution in [-0.4, -0.2) is 49.2 Å². The predicted octanol–water partition coefficient (Wildman–Crippen LogP) is 1.63. The van der Waals surface area contributed by atoms with E-state index in [1.807, 2.05) is 13.0 Å². The summed E-state index contributed by atoms with van der Waals surface area (Å²) in [6.07, 6.45) is 1.83. The second kappa shape index (κ2) is 5.66. The van der Waals surface area contributed by atoms with Crippen molar-refractivity contribution in [3.63, 3.8) is 0 Å². The van der Waals surface area contributed by atoms with Crippen molar-refractivity contribution in [3.8, 4) is 0 Å². The molecule has 120 valence electrons. The van der Waals surface area contributed by atoms with Crippen LogP contribution in [0.15, 0.2) is 29.2 Å². The van der Waals surface area contributed by atoms with Crippen molar-refractivity contribution in [2.45, 2.75) is 37.6 Å². The number of hydrogen-bond acceptors (Lipinski definition) is 3. The molecule has 3 aliphatic heterocycles. The van der Waals surface area contributed by atoms with E-state index < -0.39 is 10.0 Å². The molecule has 5 nitrogen and oxygen atoms in total. The Hall–Kier alpha value is -1.40. The lowest BCUT2D eigenvalue weighted by molar-refractivity contribution is -0.129. The standard InChI is InChI=1S/C16H22N2O3S/c1-12-4-3-5-16(8-12)22(20,21)18-10-14-6-7-15(18)11-17(9-14)13(2)19/h3-5,8,14-15H,6-7,9-11H2,1-2H3/t14-,15+/m1/s1. The number of fused-ring (bicyclic) bond motifs is 4. The summed E-state index contributed by atoms with van der Waals surface area (Å²) in [6, 6.07) is 6.94. The maximum absolute atomic E-state index is 13.0. The number of nitrogens with zero attached hydrogens (tertiary/aromatic N) is 2. The zero-order chi connectivity index (χ0) is 15.9. The normalized spacial score (nSPS) is 26.0. The van der Waals surface area contributed by atoms with Gasteiger partial charge < -0.3 is 4.90 Å². The molecule has 0 aromatic heterocycles.